The molecule has 5 rings (SSSR count). The van der Waals surface area contributed by atoms with Crippen LogP contribution < -0.4 is 25.0 Å². The van der Waals surface area contributed by atoms with Gasteiger partial charge in [-0.2, -0.15) is 0 Å². The van der Waals surface area contributed by atoms with Gasteiger partial charge in [-0.3, -0.25) is 14.7 Å². The van der Waals surface area contributed by atoms with E-state index in [1.807, 2.05) is 12.1 Å². The summed E-state index contributed by atoms with van der Waals surface area (Å²) in [6.45, 7) is 1.60. The van der Waals surface area contributed by atoms with Crippen LogP contribution in [0.5, 0.6) is 11.6 Å². The van der Waals surface area contributed by atoms with Crippen LogP contribution in [0.15, 0.2) is 36.5 Å². The molecule has 11 heteroatoms. The van der Waals surface area contributed by atoms with E-state index in [0.717, 1.165) is 36.0 Å². The number of rotatable bonds is 8. The molecule has 0 radical (unpaired) electrons. The van der Waals surface area contributed by atoms with E-state index in [1.54, 1.807) is 31.5 Å². The van der Waals surface area contributed by atoms with Crippen LogP contribution in [0.1, 0.15) is 12.0 Å². The van der Waals surface area contributed by atoms with Gasteiger partial charge in [-0.1, -0.05) is 0 Å². The third-order valence-corrected chi connectivity index (χ3v) is 5.63. The summed E-state index contributed by atoms with van der Waals surface area (Å²) < 4.78 is 16.0. The molecule has 1 saturated heterocycles. The van der Waals surface area contributed by atoms with Crippen molar-refractivity contribution in [1.82, 2.24) is 20.3 Å². The molecule has 1 atom stereocenters. The van der Waals surface area contributed by atoms with Gasteiger partial charge >= 0.3 is 6.09 Å². The number of pyridine rings is 3. The summed E-state index contributed by atoms with van der Waals surface area (Å²) in [6.07, 6.45) is 2.73. The van der Waals surface area contributed by atoms with Crippen LogP contribution in [0, 0.1) is 0 Å². The van der Waals surface area contributed by atoms with Gasteiger partial charge in [0.1, 0.15) is 11.9 Å². The highest BCUT2D eigenvalue weighted by atomic mass is 16.6. The van der Waals surface area contributed by atoms with Crippen LogP contribution in [-0.4, -0.2) is 66.4 Å². The molecular weight excluding hydrogens is 440 g/mol. The number of nitrogens with one attached hydrogen (secondary N) is 2. The Kier molecular flexibility index (Phi) is 6.09. The maximum Gasteiger partial charge on any atom is 0.416 e. The molecule has 176 valence electrons. The van der Waals surface area contributed by atoms with Crippen molar-refractivity contribution < 1.29 is 23.8 Å². The van der Waals surface area contributed by atoms with Crippen molar-refractivity contribution >= 4 is 34.7 Å². The highest BCUT2D eigenvalue weighted by Gasteiger charge is 2.33. The molecular formula is C23H24N6O5. The van der Waals surface area contributed by atoms with E-state index in [4.69, 9.17) is 14.2 Å². The number of nitrogens with zero attached hydrogens (tertiary/aromatic N) is 4. The summed E-state index contributed by atoms with van der Waals surface area (Å²) in [7, 11) is 1.60. The number of carbonyl (C=O) groups is 2. The molecule has 3 aromatic rings. The minimum absolute atomic E-state index is 0.0460. The van der Waals surface area contributed by atoms with Gasteiger partial charge in [-0.15, -0.1) is 0 Å². The molecule has 2 amide bonds. The van der Waals surface area contributed by atoms with Gasteiger partial charge < -0.3 is 24.8 Å². The Morgan fingerprint density at radius 1 is 1.21 bits per heavy atom. The van der Waals surface area contributed by atoms with Crippen LogP contribution in [0.3, 0.4) is 0 Å². The number of ether oxygens (including phenoxy) is 3. The van der Waals surface area contributed by atoms with Crippen molar-refractivity contribution in [2.24, 2.45) is 0 Å². The molecule has 0 spiro atoms. The summed E-state index contributed by atoms with van der Waals surface area (Å²) in [5.41, 5.74) is 2.80. The Labute approximate surface area is 195 Å². The number of anilines is 2. The third kappa shape index (κ3) is 4.55. The number of hydrogen-bond acceptors (Lipinski definition) is 9. The molecule has 0 aromatic carbocycles. The fourth-order valence-corrected chi connectivity index (χ4v) is 3.96. The van der Waals surface area contributed by atoms with Gasteiger partial charge in [0.25, 0.3) is 5.91 Å². The number of carbonyl (C=O) groups excluding carboxylic acids is 2. The second-order valence-corrected chi connectivity index (χ2v) is 7.97. The van der Waals surface area contributed by atoms with E-state index in [1.165, 1.54) is 4.90 Å². The minimum atomic E-state index is -0.467. The fourth-order valence-electron chi connectivity index (χ4n) is 3.96. The second-order valence-electron chi connectivity index (χ2n) is 7.97. The van der Waals surface area contributed by atoms with E-state index < -0.39 is 6.09 Å². The second kappa shape index (κ2) is 9.48. The van der Waals surface area contributed by atoms with Crippen molar-refractivity contribution in [2.45, 2.75) is 18.9 Å². The Morgan fingerprint density at radius 2 is 2.12 bits per heavy atom. The van der Waals surface area contributed by atoms with E-state index in [0.29, 0.717) is 36.4 Å². The monoisotopic (exact) mass is 464 g/mol. The van der Waals surface area contributed by atoms with Crippen molar-refractivity contribution in [3.63, 3.8) is 0 Å². The molecule has 3 aromatic heterocycles. The number of hydrogen-bond donors (Lipinski definition) is 2. The van der Waals surface area contributed by atoms with E-state index in [-0.39, 0.29) is 18.6 Å². The quantitative estimate of drug-likeness (QED) is 0.481. The van der Waals surface area contributed by atoms with Crippen molar-refractivity contribution in [3.8, 4) is 11.6 Å². The minimum Gasteiger partial charge on any atom is -0.481 e. The first-order chi connectivity index (χ1) is 16.6. The number of aromatic nitrogens is 3. The molecule has 0 saturated carbocycles. The first-order valence-corrected chi connectivity index (χ1v) is 11.0. The number of amides is 2. The maximum atomic E-state index is 12.4. The Balaban J connectivity index is 1.12. The molecule has 0 aliphatic carbocycles. The van der Waals surface area contributed by atoms with Crippen LogP contribution in [0.2, 0.25) is 0 Å². The first kappa shape index (κ1) is 21.8. The lowest BCUT2D eigenvalue weighted by Gasteiger charge is -2.19. The standard InChI is InChI=1S/C23H24N6O5/c1-32-20-7-4-16-21(28-20)14(8-10-25-16)3-2-9-24-11-15-12-29(23(31)34-15)18-6-5-17-22(26-18)27-19(30)13-33-17/h4-8,10,15,24H,2-3,9,11-13H2,1H3,(H,26,27,30). The predicted molar refractivity (Wildman–Crippen MR) is 123 cm³/mol. The van der Waals surface area contributed by atoms with Gasteiger partial charge in [-0.05, 0) is 49.2 Å². The summed E-state index contributed by atoms with van der Waals surface area (Å²) >= 11 is 0. The highest BCUT2D eigenvalue weighted by Crippen LogP contribution is 2.30. The molecule has 1 unspecified atom stereocenters. The van der Waals surface area contributed by atoms with Crippen molar-refractivity contribution in [3.05, 3.63) is 42.1 Å². The zero-order chi connectivity index (χ0) is 23.5. The number of aryl methyl sites for hydroxylation is 1. The Hall–Kier alpha value is -3.99. The lowest BCUT2D eigenvalue weighted by atomic mass is 10.1. The molecule has 2 aliphatic rings. The zero-order valence-electron chi connectivity index (χ0n) is 18.6. The number of fused-ring (bicyclic) bond motifs is 2. The first-order valence-electron chi connectivity index (χ1n) is 11.0. The lowest BCUT2D eigenvalue weighted by Crippen LogP contribution is -2.32. The van der Waals surface area contributed by atoms with Gasteiger partial charge in [0.05, 0.1) is 24.7 Å². The Bertz CT molecular complexity index is 1240. The van der Waals surface area contributed by atoms with Crippen LogP contribution >= 0.6 is 0 Å². The molecule has 0 bridgehead atoms. The van der Waals surface area contributed by atoms with Gasteiger partial charge in [-0.25, -0.2) is 14.8 Å². The highest BCUT2D eigenvalue weighted by molar-refractivity contribution is 5.95. The smallest absolute Gasteiger partial charge is 0.416 e. The summed E-state index contributed by atoms with van der Waals surface area (Å²) in [5, 5.41) is 6.00. The number of methoxy groups -OCH3 is 1. The SMILES string of the molecule is COc1ccc2nccc(CCCNCC3CN(c4ccc5c(n4)NC(=O)CO5)C(=O)O3)c2n1. The molecule has 2 aliphatic heterocycles. The molecule has 11 nitrogen and oxygen atoms in total. The summed E-state index contributed by atoms with van der Waals surface area (Å²) in [5.74, 6) is 1.47. The van der Waals surface area contributed by atoms with Crippen LogP contribution in [-0.2, 0) is 16.0 Å². The molecule has 2 N–H and O–H groups in total. The van der Waals surface area contributed by atoms with Crippen molar-refractivity contribution in [2.75, 3.05) is 43.6 Å². The van der Waals surface area contributed by atoms with E-state index in [2.05, 4.69) is 25.6 Å². The third-order valence-electron chi connectivity index (χ3n) is 5.63. The van der Waals surface area contributed by atoms with Crippen molar-refractivity contribution in [1.29, 1.82) is 0 Å². The van der Waals surface area contributed by atoms with E-state index in [9.17, 15) is 9.59 Å². The van der Waals surface area contributed by atoms with Gasteiger partial charge in [0.15, 0.2) is 18.2 Å². The zero-order valence-corrected chi connectivity index (χ0v) is 18.6. The molecule has 34 heavy (non-hydrogen) atoms. The average Bonchev–Trinajstić information content (AvgIpc) is 3.23. The topological polar surface area (TPSA) is 128 Å². The normalized spacial score (nSPS) is 17.2. The van der Waals surface area contributed by atoms with Crippen LogP contribution in [0.4, 0.5) is 16.4 Å². The fraction of sp³-hybridized carbons (Fsp3) is 0.348. The number of cyclic esters (lactones) is 1. The Morgan fingerprint density at radius 3 is 3.00 bits per heavy atom. The largest absolute Gasteiger partial charge is 0.481 e. The van der Waals surface area contributed by atoms with Gasteiger partial charge in [0, 0.05) is 18.8 Å². The maximum absolute atomic E-state index is 12.4. The molecule has 5 heterocycles. The van der Waals surface area contributed by atoms with Crippen LogP contribution in [0.25, 0.3) is 11.0 Å². The van der Waals surface area contributed by atoms with Gasteiger partial charge in [0.2, 0.25) is 5.88 Å². The average molecular weight is 464 g/mol. The van der Waals surface area contributed by atoms with E-state index >= 15 is 0 Å². The lowest BCUT2D eigenvalue weighted by molar-refractivity contribution is -0.118. The summed E-state index contributed by atoms with van der Waals surface area (Å²) in [4.78, 5) is 38.6. The summed E-state index contributed by atoms with van der Waals surface area (Å²) in [6, 6.07) is 9.04. The predicted octanol–water partition coefficient (Wildman–Crippen LogP) is 1.91. The molecule has 1 fully saturated rings.